The molecule has 1 fully saturated rings. The van der Waals surface area contributed by atoms with E-state index in [1.165, 1.54) is 0 Å². The largest absolute Gasteiger partial charge is 0.481 e. The summed E-state index contributed by atoms with van der Waals surface area (Å²) in [5.41, 5.74) is 0. The summed E-state index contributed by atoms with van der Waals surface area (Å²) < 4.78 is 10.4. The molecule has 0 bridgehead atoms. The lowest BCUT2D eigenvalue weighted by atomic mass is 9.86. The van der Waals surface area contributed by atoms with Crippen LogP contribution in [-0.2, 0) is 11.3 Å². The lowest BCUT2D eigenvalue weighted by molar-refractivity contribution is -0.142. The predicted octanol–water partition coefficient (Wildman–Crippen LogP) is 2.06. The summed E-state index contributed by atoms with van der Waals surface area (Å²) in [6.07, 6.45) is 4.71. The third-order valence-corrected chi connectivity index (χ3v) is 3.83. The number of furan rings is 1. The quantitative estimate of drug-likeness (QED) is 0.869. The van der Waals surface area contributed by atoms with Gasteiger partial charge in [-0.3, -0.25) is 4.79 Å². The van der Waals surface area contributed by atoms with Crippen LogP contribution >= 0.6 is 0 Å². The highest BCUT2D eigenvalue weighted by molar-refractivity contribution is 5.70. The fraction of sp³-hybridized carbons (Fsp3) is 0.500. The first-order chi connectivity index (χ1) is 10.2. The molecule has 0 unspecified atom stereocenters. The molecule has 112 valence electrons. The Morgan fingerprint density at radius 3 is 2.86 bits per heavy atom. The second-order valence-corrected chi connectivity index (χ2v) is 5.26. The third-order valence-electron chi connectivity index (χ3n) is 3.83. The molecular weight excluding hydrogens is 274 g/mol. The molecule has 0 saturated heterocycles. The minimum Gasteiger partial charge on any atom is -0.481 e. The third kappa shape index (κ3) is 3.30. The van der Waals surface area contributed by atoms with Gasteiger partial charge in [0, 0.05) is 6.04 Å². The average Bonchev–Trinajstić information content (AvgIpc) is 3.16. The number of rotatable bonds is 5. The van der Waals surface area contributed by atoms with E-state index in [2.05, 4.69) is 15.5 Å². The highest BCUT2D eigenvalue weighted by Crippen LogP contribution is 2.24. The molecule has 3 rings (SSSR count). The lowest BCUT2D eigenvalue weighted by Crippen LogP contribution is -2.34. The Bertz CT molecular complexity index is 585. The topological polar surface area (TPSA) is 101 Å². The van der Waals surface area contributed by atoms with E-state index in [0.29, 0.717) is 42.9 Å². The van der Waals surface area contributed by atoms with Gasteiger partial charge in [-0.25, -0.2) is 0 Å². The minimum atomic E-state index is -0.687. The average molecular weight is 291 g/mol. The van der Waals surface area contributed by atoms with Crippen LogP contribution in [0.2, 0.25) is 0 Å². The van der Waals surface area contributed by atoms with Crippen LogP contribution < -0.4 is 5.32 Å². The maximum Gasteiger partial charge on any atom is 0.306 e. The van der Waals surface area contributed by atoms with Crippen LogP contribution in [0.3, 0.4) is 0 Å². The van der Waals surface area contributed by atoms with Crippen LogP contribution in [0.5, 0.6) is 0 Å². The van der Waals surface area contributed by atoms with Crippen LogP contribution in [0, 0.1) is 5.92 Å². The van der Waals surface area contributed by atoms with Crippen LogP contribution in [0.15, 0.2) is 27.3 Å². The van der Waals surface area contributed by atoms with E-state index >= 15 is 0 Å². The summed E-state index contributed by atoms with van der Waals surface area (Å²) in [4.78, 5) is 15.1. The van der Waals surface area contributed by atoms with Crippen molar-refractivity contribution in [1.82, 2.24) is 15.5 Å². The van der Waals surface area contributed by atoms with Gasteiger partial charge in [0.2, 0.25) is 11.7 Å². The molecule has 0 aromatic carbocycles. The smallest absolute Gasteiger partial charge is 0.306 e. The van der Waals surface area contributed by atoms with Crippen molar-refractivity contribution in [1.29, 1.82) is 0 Å². The van der Waals surface area contributed by atoms with Crippen LogP contribution in [0.25, 0.3) is 11.6 Å². The number of nitrogens with zero attached hydrogens (tertiary/aromatic N) is 2. The van der Waals surface area contributed by atoms with Crippen molar-refractivity contribution in [2.45, 2.75) is 38.3 Å². The second kappa shape index (κ2) is 6.09. The van der Waals surface area contributed by atoms with Crippen molar-refractivity contribution in [3.05, 3.63) is 24.3 Å². The van der Waals surface area contributed by atoms with Crippen molar-refractivity contribution in [2.24, 2.45) is 5.92 Å². The van der Waals surface area contributed by atoms with Crippen LogP contribution in [0.1, 0.15) is 31.6 Å². The summed E-state index contributed by atoms with van der Waals surface area (Å²) in [6, 6.07) is 3.85. The molecule has 0 spiro atoms. The van der Waals surface area contributed by atoms with Crippen molar-refractivity contribution in [3.8, 4) is 11.6 Å². The molecule has 2 heterocycles. The van der Waals surface area contributed by atoms with E-state index in [1.807, 2.05) is 0 Å². The summed E-state index contributed by atoms with van der Waals surface area (Å²) >= 11 is 0. The maximum absolute atomic E-state index is 10.9. The van der Waals surface area contributed by atoms with Gasteiger partial charge in [0.25, 0.3) is 0 Å². The van der Waals surface area contributed by atoms with E-state index in [-0.39, 0.29) is 5.92 Å². The van der Waals surface area contributed by atoms with E-state index in [4.69, 9.17) is 14.0 Å². The van der Waals surface area contributed by atoms with Gasteiger partial charge in [0.1, 0.15) is 0 Å². The van der Waals surface area contributed by atoms with Crippen LogP contribution in [-0.4, -0.2) is 27.3 Å². The Hall–Kier alpha value is -2.15. The number of carbonyl (C=O) groups is 1. The summed E-state index contributed by atoms with van der Waals surface area (Å²) in [5, 5.41) is 16.2. The molecule has 1 aliphatic rings. The van der Waals surface area contributed by atoms with Crippen molar-refractivity contribution in [2.75, 3.05) is 0 Å². The van der Waals surface area contributed by atoms with Gasteiger partial charge in [-0.1, -0.05) is 5.16 Å². The first-order valence-corrected chi connectivity index (χ1v) is 7.05. The molecule has 1 saturated carbocycles. The van der Waals surface area contributed by atoms with Gasteiger partial charge < -0.3 is 19.4 Å². The van der Waals surface area contributed by atoms with Crippen LogP contribution in [0.4, 0.5) is 0 Å². The Morgan fingerprint density at radius 2 is 2.19 bits per heavy atom. The molecule has 7 heteroatoms. The van der Waals surface area contributed by atoms with Gasteiger partial charge in [-0.15, -0.1) is 0 Å². The maximum atomic E-state index is 10.9. The zero-order chi connectivity index (χ0) is 14.7. The first kappa shape index (κ1) is 13.8. The Balaban J connectivity index is 1.49. The first-order valence-electron chi connectivity index (χ1n) is 7.05. The molecule has 0 atom stereocenters. The Morgan fingerprint density at radius 1 is 1.38 bits per heavy atom. The molecule has 21 heavy (non-hydrogen) atoms. The molecule has 2 aromatic rings. The Labute approximate surface area is 121 Å². The summed E-state index contributed by atoms with van der Waals surface area (Å²) in [7, 11) is 0. The van der Waals surface area contributed by atoms with Crippen molar-refractivity contribution < 1.29 is 18.8 Å². The normalized spacial score (nSPS) is 22.3. The number of carboxylic acid groups (broad SMARTS) is 1. The molecule has 7 nitrogen and oxygen atoms in total. The monoisotopic (exact) mass is 291 g/mol. The van der Waals surface area contributed by atoms with Gasteiger partial charge in [0.05, 0.1) is 18.7 Å². The number of hydrogen-bond donors (Lipinski definition) is 2. The molecular formula is C14H17N3O4. The Kier molecular flexibility index (Phi) is 4.01. The lowest BCUT2D eigenvalue weighted by Gasteiger charge is -2.26. The molecule has 0 aliphatic heterocycles. The molecule has 0 amide bonds. The number of aromatic nitrogens is 2. The number of hydrogen-bond acceptors (Lipinski definition) is 6. The van der Waals surface area contributed by atoms with E-state index in [0.717, 1.165) is 12.8 Å². The standard InChI is InChI=1S/C14H17N3O4/c18-14(19)9-3-5-10(6-4-9)15-8-12-16-13(17-21-12)11-2-1-7-20-11/h1-2,7,9-10,15H,3-6,8H2,(H,18,19). The molecule has 2 aromatic heterocycles. The number of carboxylic acids is 1. The van der Waals surface area contributed by atoms with Gasteiger partial charge >= 0.3 is 5.97 Å². The van der Waals surface area contributed by atoms with Crippen molar-refractivity contribution in [3.63, 3.8) is 0 Å². The van der Waals surface area contributed by atoms with Gasteiger partial charge in [0.15, 0.2) is 5.76 Å². The van der Waals surface area contributed by atoms with E-state index < -0.39 is 5.97 Å². The predicted molar refractivity (Wildman–Crippen MR) is 72.2 cm³/mol. The highest BCUT2D eigenvalue weighted by atomic mass is 16.5. The SMILES string of the molecule is O=C(O)C1CCC(NCc2nc(-c3ccco3)no2)CC1. The highest BCUT2D eigenvalue weighted by Gasteiger charge is 2.25. The van der Waals surface area contributed by atoms with E-state index in [1.54, 1.807) is 18.4 Å². The zero-order valence-corrected chi connectivity index (χ0v) is 11.5. The molecule has 0 radical (unpaired) electrons. The van der Waals surface area contributed by atoms with E-state index in [9.17, 15) is 4.79 Å². The summed E-state index contributed by atoms with van der Waals surface area (Å²) in [5.74, 6) is 0.630. The fourth-order valence-electron chi connectivity index (χ4n) is 2.61. The van der Waals surface area contributed by atoms with Crippen molar-refractivity contribution >= 4 is 5.97 Å². The van der Waals surface area contributed by atoms with Gasteiger partial charge in [-0.2, -0.15) is 4.98 Å². The summed E-state index contributed by atoms with van der Waals surface area (Å²) in [6.45, 7) is 0.482. The fourth-order valence-corrected chi connectivity index (χ4v) is 2.61. The number of aliphatic carboxylic acids is 1. The molecule has 2 N–H and O–H groups in total. The van der Waals surface area contributed by atoms with Gasteiger partial charge in [-0.05, 0) is 37.8 Å². The number of nitrogens with one attached hydrogen (secondary N) is 1. The second-order valence-electron chi connectivity index (χ2n) is 5.26. The molecule has 1 aliphatic carbocycles. The zero-order valence-electron chi connectivity index (χ0n) is 11.5. The minimum absolute atomic E-state index is 0.197.